The number of benzene rings is 7. The van der Waals surface area contributed by atoms with Gasteiger partial charge in [0.15, 0.2) is 0 Å². The van der Waals surface area contributed by atoms with E-state index in [1.165, 1.54) is 83.9 Å². The van der Waals surface area contributed by atoms with Crippen molar-refractivity contribution in [3.05, 3.63) is 162 Å². The number of fused-ring (bicyclic) bond motifs is 7. The third-order valence-corrected chi connectivity index (χ3v) is 12.8. The molecular formula is C54H51BN2O. The molecule has 0 bridgehead atoms. The molecule has 3 heterocycles. The van der Waals surface area contributed by atoms with E-state index in [9.17, 15) is 0 Å². The van der Waals surface area contributed by atoms with E-state index in [-0.39, 0.29) is 6.71 Å². The minimum atomic E-state index is 0.0654. The third-order valence-electron chi connectivity index (χ3n) is 12.8. The predicted octanol–water partition coefficient (Wildman–Crippen LogP) is 13.8. The molecule has 0 aliphatic carbocycles. The molecule has 0 saturated heterocycles. The van der Waals surface area contributed by atoms with E-state index in [1.54, 1.807) is 0 Å². The van der Waals surface area contributed by atoms with Gasteiger partial charge in [-0.05, 0) is 129 Å². The Hall–Kier alpha value is -6.00. The Labute approximate surface area is 344 Å². The van der Waals surface area contributed by atoms with Gasteiger partial charge in [0.1, 0.15) is 11.2 Å². The lowest BCUT2D eigenvalue weighted by atomic mass is 9.33. The summed E-state index contributed by atoms with van der Waals surface area (Å²) in [6.45, 7) is 18.4. The van der Waals surface area contributed by atoms with Crippen molar-refractivity contribution in [2.24, 2.45) is 0 Å². The zero-order chi connectivity index (χ0) is 40.0. The van der Waals surface area contributed by atoms with Crippen LogP contribution in [0.25, 0.3) is 33.1 Å². The predicted molar refractivity (Wildman–Crippen MR) is 250 cm³/mol. The van der Waals surface area contributed by atoms with Crippen LogP contribution in [-0.2, 0) is 0 Å². The lowest BCUT2D eigenvalue weighted by Gasteiger charge is -2.45. The molecular weight excluding hydrogens is 703 g/mol. The molecule has 58 heavy (non-hydrogen) atoms. The second kappa shape index (κ2) is 13.8. The van der Waals surface area contributed by atoms with E-state index < -0.39 is 0 Å². The molecule has 3 nitrogen and oxygen atoms in total. The fraction of sp³-hybridized carbons (Fsp3) is 0.222. The maximum atomic E-state index is 6.49. The molecule has 2 aliphatic heterocycles. The van der Waals surface area contributed by atoms with E-state index >= 15 is 0 Å². The zero-order valence-electron chi connectivity index (χ0n) is 35.0. The summed E-state index contributed by atoms with van der Waals surface area (Å²) in [5, 5.41) is 2.30. The Morgan fingerprint density at radius 2 is 0.931 bits per heavy atom. The van der Waals surface area contributed by atoms with Gasteiger partial charge in [0.25, 0.3) is 6.71 Å². The average Bonchev–Trinajstić information content (AvgIpc) is 3.62. The van der Waals surface area contributed by atoms with Crippen molar-refractivity contribution < 1.29 is 4.42 Å². The highest BCUT2D eigenvalue weighted by Crippen LogP contribution is 2.49. The van der Waals surface area contributed by atoms with Gasteiger partial charge in [-0.25, -0.2) is 0 Å². The second-order valence-electron chi connectivity index (χ2n) is 17.7. The number of furan rings is 1. The van der Waals surface area contributed by atoms with Crippen LogP contribution in [0, 0.1) is 0 Å². The SMILES string of the molecule is CC(C)c1ccc(N2c3ccc(C(C)C)cc3B3c4cc(C(C)C)ccc4N(c4ccc(C(C)C)cc4-c4cccc5oc6ccccc6c45)c4cccc2c43)cc1. The van der Waals surface area contributed by atoms with Gasteiger partial charge in [-0.1, -0.05) is 134 Å². The molecule has 0 unspecified atom stereocenters. The number of hydrogen-bond donors (Lipinski definition) is 0. The van der Waals surface area contributed by atoms with E-state index in [4.69, 9.17) is 4.42 Å². The van der Waals surface area contributed by atoms with Gasteiger partial charge >= 0.3 is 0 Å². The molecule has 8 aromatic rings. The van der Waals surface area contributed by atoms with Gasteiger partial charge in [-0.3, -0.25) is 0 Å². The van der Waals surface area contributed by atoms with Gasteiger partial charge in [-0.2, -0.15) is 0 Å². The van der Waals surface area contributed by atoms with Crippen LogP contribution in [0.4, 0.5) is 34.1 Å². The van der Waals surface area contributed by atoms with Crippen molar-refractivity contribution in [2.45, 2.75) is 79.1 Å². The van der Waals surface area contributed by atoms with E-state index in [1.807, 2.05) is 0 Å². The summed E-state index contributed by atoms with van der Waals surface area (Å²) in [4.78, 5) is 5.10. The summed E-state index contributed by atoms with van der Waals surface area (Å²) in [5.41, 5.74) is 21.0. The van der Waals surface area contributed by atoms with Crippen molar-refractivity contribution in [3.8, 4) is 11.1 Å². The molecule has 0 atom stereocenters. The standard InChI is InChI=1S/C54H51BN2O/c1-32(2)36-19-24-40(25-20-36)56-47-27-22-38(34(5)6)30-44(47)55-45-31-39(35(7)8)23-28-48(45)57(50-16-12-15-49(56)54(50)55)46-26-21-37(33(3)4)29-43(46)41-14-11-18-52-53(41)42-13-9-10-17-51(42)58-52/h9-35H,1-8H3. The lowest BCUT2D eigenvalue weighted by molar-refractivity contribution is 0.669. The van der Waals surface area contributed by atoms with Crippen molar-refractivity contribution >= 4 is 79.2 Å². The van der Waals surface area contributed by atoms with Gasteiger partial charge < -0.3 is 14.2 Å². The topological polar surface area (TPSA) is 19.6 Å². The first-order valence-electron chi connectivity index (χ1n) is 21.2. The molecule has 4 heteroatoms. The van der Waals surface area contributed by atoms with Crippen LogP contribution >= 0.6 is 0 Å². The lowest BCUT2D eigenvalue weighted by Crippen LogP contribution is -2.61. The summed E-state index contributed by atoms with van der Waals surface area (Å²) in [6.07, 6.45) is 0. The second-order valence-corrected chi connectivity index (χ2v) is 17.7. The number of hydrogen-bond acceptors (Lipinski definition) is 3. The van der Waals surface area contributed by atoms with Gasteiger partial charge in [0, 0.05) is 44.8 Å². The Morgan fingerprint density at radius 1 is 0.414 bits per heavy atom. The molecule has 2 aliphatic rings. The first-order valence-corrected chi connectivity index (χ1v) is 21.2. The third kappa shape index (κ3) is 5.63. The highest BCUT2D eigenvalue weighted by Gasteiger charge is 2.44. The summed E-state index contributed by atoms with van der Waals surface area (Å²) < 4.78 is 6.49. The van der Waals surface area contributed by atoms with E-state index in [0.717, 1.165) is 21.9 Å². The highest BCUT2D eigenvalue weighted by molar-refractivity contribution is 7.00. The first-order chi connectivity index (χ1) is 28.1. The van der Waals surface area contributed by atoms with Crippen LogP contribution in [0.2, 0.25) is 0 Å². The Kier molecular flexibility index (Phi) is 8.67. The van der Waals surface area contributed by atoms with Crippen LogP contribution < -0.4 is 26.2 Å². The quantitative estimate of drug-likeness (QED) is 0.151. The molecule has 0 radical (unpaired) electrons. The molecule has 0 fully saturated rings. The molecule has 286 valence electrons. The van der Waals surface area contributed by atoms with Gasteiger partial charge in [-0.15, -0.1) is 0 Å². The minimum Gasteiger partial charge on any atom is -0.456 e. The van der Waals surface area contributed by atoms with Crippen molar-refractivity contribution in [1.82, 2.24) is 0 Å². The fourth-order valence-corrected chi connectivity index (χ4v) is 9.57. The van der Waals surface area contributed by atoms with Crippen molar-refractivity contribution in [1.29, 1.82) is 0 Å². The number of nitrogens with zero attached hydrogens (tertiary/aromatic N) is 2. The zero-order valence-corrected chi connectivity index (χ0v) is 35.0. The molecule has 7 aromatic carbocycles. The van der Waals surface area contributed by atoms with Crippen molar-refractivity contribution in [3.63, 3.8) is 0 Å². The summed E-state index contributed by atoms with van der Waals surface area (Å²) in [7, 11) is 0. The van der Waals surface area contributed by atoms with Crippen LogP contribution in [0.1, 0.15) is 101 Å². The first kappa shape index (κ1) is 36.4. The molecule has 0 spiro atoms. The maximum absolute atomic E-state index is 6.49. The van der Waals surface area contributed by atoms with E-state index in [0.29, 0.717) is 23.7 Å². The smallest absolute Gasteiger partial charge is 0.252 e. The van der Waals surface area contributed by atoms with Crippen molar-refractivity contribution in [2.75, 3.05) is 9.80 Å². The molecule has 1 aromatic heterocycles. The maximum Gasteiger partial charge on any atom is 0.252 e. The summed E-state index contributed by atoms with van der Waals surface area (Å²) in [6, 6.07) is 52.9. The molecule has 10 rings (SSSR count). The van der Waals surface area contributed by atoms with E-state index in [2.05, 4.69) is 205 Å². The largest absolute Gasteiger partial charge is 0.456 e. The average molecular weight is 755 g/mol. The van der Waals surface area contributed by atoms with Gasteiger partial charge in [0.05, 0.1) is 5.69 Å². The normalized spacial score (nSPS) is 13.3. The monoisotopic (exact) mass is 754 g/mol. The molecule has 0 amide bonds. The van der Waals surface area contributed by atoms with Crippen LogP contribution in [0.15, 0.2) is 144 Å². The number of anilines is 6. The van der Waals surface area contributed by atoms with Gasteiger partial charge in [0.2, 0.25) is 0 Å². The highest BCUT2D eigenvalue weighted by atomic mass is 16.3. The fourth-order valence-electron chi connectivity index (χ4n) is 9.57. The summed E-state index contributed by atoms with van der Waals surface area (Å²) >= 11 is 0. The van der Waals surface area contributed by atoms with Crippen LogP contribution in [0.3, 0.4) is 0 Å². The molecule has 0 saturated carbocycles. The van der Waals surface area contributed by atoms with Crippen LogP contribution in [-0.4, -0.2) is 6.71 Å². The number of rotatable bonds is 7. The van der Waals surface area contributed by atoms with Crippen LogP contribution in [0.5, 0.6) is 0 Å². The Balaban J connectivity index is 1.29. The summed E-state index contributed by atoms with van der Waals surface area (Å²) in [5.74, 6) is 1.63. The Bertz CT molecular complexity index is 2880. The Morgan fingerprint density at radius 3 is 1.57 bits per heavy atom. The molecule has 0 N–H and O–H groups in total. The minimum absolute atomic E-state index is 0.0654. The number of para-hydroxylation sites is 1.